The van der Waals surface area contributed by atoms with E-state index in [1.54, 1.807) is 17.8 Å². The first-order valence-electron chi connectivity index (χ1n) is 8.18. The van der Waals surface area contributed by atoms with Crippen LogP contribution in [0.1, 0.15) is 47.9 Å². The van der Waals surface area contributed by atoms with Gasteiger partial charge >= 0.3 is 5.97 Å². The van der Waals surface area contributed by atoms with E-state index in [9.17, 15) is 18.4 Å². The minimum atomic E-state index is -1.06. The number of carbonyl (C=O) groups excluding carboxylic acids is 1. The Balaban J connectivity index is 2.27. The first-order valence-corrected chi connectivity index (χ1v) is 8.18. The summed E-state index contributed by atoms with van der Waals surface area (Å²) in [6.45, 7) is 3.82. The number of amides is 1. The number of carboxylic acid groups (broad SMARTS) is 1. The minimum absolute atomic E-state index is 0.0447. The Labute approximate surface area is 150 Å². The third-order valence-corrected chi connectivity index (χ3v) is 3.97. The second-order valence-corrected chi connectivity index (χ2v) is 6.35. The number of aliphatic carboxylic acids is 1. The maximum absolute atomic E-state index is 13.4. The maximum Gasteiger partial charge on any atom is 0.305 e. The summed E-state index contributed by atoms with van der Waals surface area (Å²) in [5.74, 6) is -3.36. The van der Waals surface area contributed by atoms with Gasteiger partial charge in [-0.15, -0.1) is 0 Å². The Morgan fingerprint density at radius 2 is 1.92 bits per heavy atom. The number of carboxylic acids is 1. The molecule has 0 saturated heterocycles. The maximum atomic E-state index is 13.4. The van der Waals surface area contributed by atoms with Gasteiger partial charge < -0.3 is 10.0 Å². The highest BCUT2D eigenvalue weighted by Crippen LogP contribution is 2.18. The molecule has 1 heterocycles. The van der Waals surface area contributed by atoms with Crippen molar-refractivity contribution in [2.75, 3.05) is 6.54 Å². The normalized spacial score (nSPS) is 11.0. The van der Waals surface area contributed by atoms with E-state index >= 15 is 0 Å². The van der Waals surface area contributed by atoms with E-state index in [-0.39, 0.29) is 31.1 Å². The molecule has 0 atom stereocenters. The first-order chi connectivity index (χ1) is 12.2. The lowest BCUT2D eigenvalue weighted by atomic mass is 10.1. The zero-order chi connectivity index (χ0) is 19.4. The number of carbonyl (C=O) groups is 2. The molecule has 1 aromatic heterocycles. The molecule has 140 valence electrons. The molecule has 6 nitrogen and oxygen atoms in total. The first kappa shape index (κ1) is 19.6. The van der Waals surface area contributed by atoms with Gasteiger partial charge in [-0.05, 0) is 29.7 Å². The SMILES string of the molecule is CC(C)c1cc(C(=O)N(CCC(=O)O)Cc2ccc(F)c(F)c2)nn1C. The van der Waals surface area contributed by atoms with E-state index in [1.165, 1.54) is 11.0 Å². The molecule has 2 aromatic rings. The lowest BCUT2D eigenvalue weighted by Gasteiger charge is -2.21. The Bertz CT molecular complexity index is 818. The number of aromatic nitrogens is 2. The molecule has 0 spiro atoms. The highest BCUT2D eigenvalue weighted by Gasteiger charge is 2.22. The summed E-state index contributed by atoms with van der Waals surface area (Å²) in [5, 5.41) is 13.1. The van der Waals surface area contributed by atoms with Gasteiger partial charge in [0.1, 0.15) is 0 Å². The van der Waals surface area contributed by atoms with Crippen LogP contribution in [0, 0.1) is 11.6 Å². The number of halogens is 2. The molecule has 1 aromatic carbocycles. The number of aryl methyl sites for hydroxylation is 1. The van der Waals surface area contributed by atoms with Crippen LogP contribution in [0.2, 0.25) is 0 Å². The van der Waals surface area contributed by atoms with Crippen LogP contribution in [0.3, 0.4) is 0 Å². The molecule has 0 unspecified atom stereocenters. The van der Waals surface area contributed by atoms with E-state index in [0.29, 0.717) is 5.56 Å². The third kappa shape index (κ3) is 4.65. The summed E-state index contributed by atoms with van der Waals surface area (Å²) in [6, 6.07) is 4.99. The Morgan fingerprint density at radius 3 is 2.46 bits per heavy atom. The van der Waals surface area contributed by atoms with Gasteiger partial charge in [-0.2, -0.15) is 5.10 Å². The molecule has 2 rings (SSSR count). The second-order valence-electron chi connectivity index (χ2n) is 6.35. The third-order valence-electron chi connectivity index (χ3n) is 3.97. The molecule has 0 aliphatic heterocycles. The van der Waals surface area contributed by atoms with Crippen molar-refractivity contribution in [3.8, 4) is 0 Å². The fraction of sp³-hybridized carbons (Fsp3) is 0.389. The lowest BCUT2D eigenvalue weighted by molar-refractivity contribution is -0.137. The number of hydrogen-bond acceptors (Lipinski definition) is 3. The van der Waals surface area contributed by atoms with Crippen LogP contribution in [0.5, 0.6) is 0 Å². The average molecular weight is 365 g/mol. The van der Waals surface area contributed by atoms with Crippen LogP contribution >= 0.6 is 0 Å². The van der Waals surface area contributed by atoms with Gasteiger partial charge in [-0.25, -0.2) is 8.78 Å². The molecule has 26 heavy (non-hydrogen) atoms. The van der Waals surface area contributed by atoms with Gasteiger partial charge in [0.2, 0.25) is 0 Å². The van der Waals surface area contributed by atoms with Crippen molar-refractivity contribution in [1.82, 2.24) is 14.7 Å². The van der Waals surface area contributed by atoms with E-state index in [1.807, 2.05) is 13.8 Å². The molecule has 0 fully saturated rings. The van der Waals surface area contributed by atoms with Crippen molar-refractivity contribution >= 4 is 11.9 Å². The minimum Gasteiger partial charge on any atom is -0.481 e. The summed E-state index contributed by atoms with van der Waals surface area (Å²) in [5.41, 5.74) is 1.41. The summed E-state index contributed by atoms with van der Waals surface area (Å²) < 4.78 is 28.1. The Kier molecular flexibility index (Phi) is 6.07. The highest BCUT2D eigenvalue weighted by molar-refractivity contribution is 5.92. The van der Waals surface area contributed by atoms with Crippen molar-refractivity contribution in [2.45, 2.75) is 32.7 Å². The van der Waals surface area contributed by atoms with Gasteiger partial charge in [0.15, 0.2) is 17.3 Å². The van der Waals surface area contributed by atoms with Crippen LogP contribution in [-0.2, 0) is 18.4 Å². The largest absolute Gasteiger partial charge is 0.481 e. The summed E-state index contributed by atoms with van der Waals surface area (Å²) >= 11 is 0. The van der Waals surface area contributed by atoms with Crippen molar-refractivity contribution in [2.24, 2.45) is 7.05 Å². The van der Waals surface area contributed by atoms with Crippen molar-refractivity contribution in [1.29, 1.82) is 0 Å². The molecule has 1 amide bonds. The van der Waals surface area contributed by atoms with Gasteiger partial charge in [0.05, 0.1) is 6.42 Å². The number of benzene rings is 1. The molecule has 0 radical (unpaired) electrons. The molecule has 0 saturated carbocycles. The van der Waals surface area contributed by atoms with Crippen LogP contribution in [0.15, 0.2) is 24.3 Å². The number of hydrogen-bond donors (Lipinski definition) is 1. The van der Waals surface area contributed by atoms with Crippen LogP contribution in [0.4, 0.5) is 8.78 Å². The summed E-state index contributed by atoms with van der Waals surface area (Å²) in [4.78, 5) is 25.0. The molecule has 0 aliphatic rings. The summed E-state index contributed by atoms with van der Waals surface area (Å²) in [7, 11) is 1.73. The lowest BCUT2D eigenvalue weighted by Crippen LogP contribution is -2.33. The van der Waals surface area contributed by atoms with Crippen LogP contribution in [0.25, 0.3) is 0 Å². The van der Waals surface area contributed by atoms with E-state index in [4.69, 9.17) is 5.11 Å². The predicted molar refractivity (Wildman–Crippen MR) is 90.6 cm³/mol. The molecular weight excluding hydrogens is 344 g/mol. The quantitative estimate of drug-likeness (QED) is 0.819. The number of nitrogens with zero attached hydrogens (tertiary/aromatic N) is 3. The van der Waals surface area contributed by atoms with Crippen molar-refractivity contribution in [3.05, 3.63) is 52.9 Å². The second kappa shape index (κ2) is 8.07. The topological polar surface area (TPSA) is 75.4 Å². The summed E-state index contributed by atoms with van der Waals surface area (Å²) in [6.07, 6.45) is -0.265. The van der Waals surface area contributed by atoms with E-state index in [2.05, 4.69) is 5.10 Å². The van der Waals surface area contributed by atoms with Gasteiger partial charge in [-0.3, -0.25) is 14.3 Å². The van der Waals surface area contributed by atoms with Gasteiger partial charge in [0, 0.05) is 25.8 Å². The van der Waals surface area contributed by atoms with Crippen molar-refractivity contribution in [3.63, 3.8) is 0 Å². The van der Waals surface area contributed by atoms with Gasteiger partial charge in [0.25, 0.3) is 5.91 Å². The zero-order valence-corrected chi connectivity index (χ0v) is 14.9. The Morgan fingerprint density at radius 1 is 1.23 bits per heavy atom. The molecule has 0 aliphatic carbocycles. The fourth-order valence-electron chi connectivity index (χ4n) is 2.63. The van der Waals surface area contributed by atoms with Crippen LogP contribution < -0.4 is 0 Å². The zero-order valence-electron chi connectivity index (χ0n) is 14.9. The molecule has 1 N–H and O–H groups in total. The number of rotatable bonds is 7. The highest BCUT2D eigenvalue weighted by atomic mass is 19.2. The predicted octanol–water partition coefficient (Wildman–Crippen LogP) is 2.94. The standard InChI is InChI=1S/C18H21F2N3O3/c1-11(2)16-9-15(21-22(16)3)18(26)23(7-6-17(24)25)10-12-4-5-13(19)14(20)8-12/h4-5,8-9,11H,6-7,10H2,1-3H3,(H,24,25). The van der Waals surface area contributed by atoms with Crippen molar-refractivity contribution < 1.29 is 23.5 Å². The molecule has 8 heteroatoms. The molecular formula is C18H21F2N3O3. The fourth-order valence-corrected chi connectivity index (χ4v) is 2.63. The van der Waals surface area contributed by atoms with Gasteiger partial charge in [-0.1, -0.05) is 19.9 Å². The smallest absolute Gasteiger partial charge is 0.305 e. The molecule has 0 bridgehead atoms. The van der Waals surface area contributed by atoms with E-state index in [0.717, 1.165) is 17.8 Å². The Hall–Kier alpha value is -2.77. The van der Waals surface area contributed by atoms with Crippen LogP contribution in [-0.4, -0.2) is 38.2 Å². The average Bonchev–Trinajstić information content (AvgIpc) is 2.96. The van der Waals surface area contributed by atoms with E-state index < -0.39 is 23.5 Å². The monoisotopic (exact) mass is 365 g/mol.